The monoisotopic (exact) mass is 311 g/mol. The first kappa shape index (κ1) is 16.7. The number of carbonyl (C=O) groups excluding carboxylic acids is 2. The second kappa shape index (κ2) is 8.08. The number of aryl methyl sites for hydroxylation is 1. The molecule has 2 rings (SSSR count). The summed E-state index contributed by atoms with van der Waals surface area (Å²) < 4.78 is 0. The molecule has 1 heterocycles. The Balaban J connectivity index is 1.89. The predicted molar refractivity (Wildman–Crippen MR) is 89.9 cm³/mol. The number of rotatable bonds is 6. The van der Waals surface area contributed by atoms with Gasteiger partial charge in [0.15, 0.2) is 0 Å². The molecule has 23 heavy (non-hydrogen) atoms. The highest BCUT2D eigenvalue weighted by atomic mass is 16.2. The molecule has 1 aromatic carbocycles. The van der Waals surface area contributed by atoms with Crippen molar-refractivity contribution in [2.45, 2.75) is 26.8 Å². The summed E-state index contributed by atoms with van der Waals surface area (Å²) in [5.41, 5.74) is 2.84. The van der Waals surface area contributed by atoms with Gasteiger partial charge in [-0.3, -0.25) is 14.6 Å². The maximum Gasteiger partial charge on any atom is 0.223 e. The van der Waals surface area contributed by atoms with Gasteiger partial charge in [-0.2, -0.15) is 0 Å². The minimum atomic E-state index is -0.0900. The highest BCUT2D eigenvalue weighted by Crippen LogP contribution is 2.16. The predicted octanol–water partition coefficient (Wildman–Crippen LogP) is 2.45. The van der Waals surface area contributed by atoms with Gasteiger partial charge < -0.3 is 10.2 Å². The number of carbonyl (C=O) groups is 2. The molecular formula is C18H21N3O2. The van der Waals surface area contributed by atoms with Gasteiger partial charge in [-0.15, -0.1) is 0 Å². The van der Waals surface area contributed by atoms with E-state index in [1.54, 1.807) is 17.3 Å². The lowest BCUT2D eigenvalue weighted by Gasteiger charge is -2.21. The van der Waals surface area contributed by atoms with E-state index in [4.69, 9.17) is 0 Å². The summed E-state index contributed by atoms with van der Waals surface area (Å²) in [6.45, 7) is 4.28. The SMILES string of the molecule is CC(=O)N(CCC(=O)NCc1cccnc1)c1cccc(C)c1. The van der Waals surface area contributed by atoms with Crippen molar-refractivity contribution in [2.24, 2.45) is 0 Å². The van der Waals surface area contributed by atoms with Crippen molar-refractivity contribution in [1.82, 2.24) is 10.3 Å². The minimum Gasteiger partial charge on any atom is -0.352 e. The zero-order chi connectivity index (χ0) is 16.7. The molecule has 0 aliphatic heterocycles. The van der Waals surface area contributed by atoms with Crippen molar-refractivity contribution < 1.29 is 9.59 Å². The molecule has 5 nitrogen and oxygen atoms in total. The average Bonchev–Trinajstić information content (AvgIpc) is 2.54. The molecule has 0 unspecified atom stereocenters. The zero-order valence-electron chi connectivity index (χ0n) is 13.5. The topological polar surface area (TPSA) is 62.3 Å². The van der Waals surface area contributed by atoms with Crippen LogP contribution >= 0.6 is 0 Å². The Hall–Kier alpha value is -2.69. The van der Waals surface area contributed by atoms with Crippen molar-refractivity contribution in [3.8, 4) is 0 Å². The zero-order valence-corrected chi connectivity index (χ0v) is 13.5. The third kappa shape index (κ3) is 5.21. The van der Waals surface area contributed by atoms with Gasteiger partial charge in [-0.1, -0.05) is 18.2 Å². The smallest absolute Gasteiger partial charge is 0.223 e. The normalized spacial score (nSPS) is 10.2. The molecule has 0 aliphatic carbocycles. The van der Waals surface area contributed by atoms with Gasteiger partial charge in [0.25, 0.3) is 0 Å². The number of aromatic nitrogens is 1. The lowest BCUT2D eigenvalue weighted by atomic mass is 10.2. The van der Waals surface area contributed by atoms with Gasteiger partial charge in [-0.05, 0) is 36.2 Å². The molecule has 5 heteroatoms. The van der Waals surface area contributed by atoms with Crippen LogP contribution < -0.4 is 10.2 Å². The molecule has 120 valence electrons. The summed E-state index contributed by atoms with van der Waals surface area (Å²) in [4.78, 5) is 29.4. The summed E-state index contributed by atoms with van der Waals surface area (Å²) in [6.07, 6.45) is 3.67. The first-order chi connectivity index (χ1) is 11.1. The van der Waals surface area contributed by atoms with E-state index < -0.39 is 0 Å². The summed E-state index contributed by atoms with van der Waals surface area (Å²) in [5, 5.41) is 2.84. The van der Waals surface area contributed by atoms with Crippen LogP contribution in [0.3, 0.4) is 0 Å². The standard InChI is InChI=1S/C18H21N3O2/c1-14-5-3-7-17(11-14)21(15(2)22)10-8-18(23)20-13-16-6-4-9-19-12-16/h3-7,9,11-12H,8,10,13H2,1-2H3,(H,20,23). The molecule has 2 amide bonds. The number of hydrogen-bond donors (Lipinski definition) is 1. The lowest BCUT2D eigenvalue weighted by Crippen LogP contribution is -2.33. The highest BCUT2D eigenvalue weighted by Gasteiger charge is 2.13. The van der Waals surface area contributed by atoms with E-state index >= 15 is 0 Å². The highest BCUT2D eigenvalue weighted by molar-refractivity contribution is 5.92. The number of pyridine rings is 1. The van der Waals surface area contributed by atoms with Crippen molar-refractivity contribution in [1.29, 1.82) is 0 Å². The Bertz CT molecular complexity index is 671. The first-order valence-electron chi connectivity index (χ1n) is 7.56. The number of nitrogens with one attached hydrogen (secondary N) is 1. The summed E-state index contributed by atoms with van der Waals surface area (Å²) in [6, 6.07) is 11.4. The van der Waals surface area contributed by atoms with E-state index in [0.717, 1.165) is 16.8 Å². The van der Waals surface area contributed by atoms with Crippen molar-refractivity contribution in [3.63, 3.8) is 0 Å². The second-order valence-corrected chi connectivity index (χ2v) is 5.40. The molecule has 0 spiro atoms. The van der Waals surface area contributed by atoms with Crippen LogP contribution in [0.2, 0.25) is 0 Å². The third-order valence-electron chi connectivity index (χ3n) is 3.47. The van der Waals surface area contributed by atoms with Gasteiger partial charge in [0.2, 0.25) is 11.8 Å². The number of anilines is 1. The Labute approximate surface area is 136 Å². The molecule has 1 aromatic heterocycles. The number of amides is 2. The van der Waals surface area contributed by atoms with E-state index in [1.807, 2.05) is 43.3 Å². The van der Waals surface area contributed by atoms with Crippen LogP contribution in [0.1, 0.15) is 24.5 Å². The van der Waals surface area contributed by atoms with Crippen LogP contribution in [0.4, 0.5) is 5.69 Å². The van der Waals surface area contributed by atoms with E-state index in [1.165, 1.54) is 6.92 Å². The van der Waals surface area contributed by atoms with Crippen LogP contribution in [0, 0.1) is 6.92 Å². The summed E-state index contributed by atoms with van der Waals surface area (Å²) in [5.74, 6) is -0.164. The van der Waals surface area contributed by atoms with E-state index in [0.29, 0.717) is 13.1 Å². The molecule has 0 bridgehead atoms. The Morgan fingerprint density at radius 1 is 1.22 bits per heavy atom. The largest absolute Gasteiger partial charge is 0.352 e. The van der Waals surface area contributed by atoms with E-state index in [9.17, 15) is 9.59 Å². The third-order valence-corrected chi connectivity index (χ3v) is 3.47. The molecular weight excluding hydrogens is 290 g/mol. The fraction of sp³-hybridized carbons (Fsp3) is 0.278. The Morgan fingerprint density at radius 2 is 2.04 bits per heavy atom. The minimum absolute atomic E-state index is 0.0735. The summed E-state index contributed by atoms with van der Waals surface area (Å²) in [7, 11) is 0. The summed E-state index contributed by atoms with van der Waals surface area (Å²) >= 11 is 0. The number of nitrogens with zero attached hydrogens (tertiary/aromatic N) is 2. The molecule has 1 N–H and O–H groups in total. The number of benzene rings is 1. The van der Waals surface area contributed by atoms with Gasteiger partial charge in [0, 0.05) is 44.5 Å². The second-order valence-electron chi connectivity index (χ2n) is 5.40. The Morgan fingerprint density at radius 3 is 2.70 bits per heavy atom. The van der Waals surface area contributed by atoms with Gasteiger partial charge in [-0.25, -0.2) is 0 Å². The van der Waals surface area contributed by atoms with Gasteiger partial charge in [0.1, 0.15) is 0 Å². The van der Waals surface area contributed by atoms with Gasteiger partial charge >= 0.3 is 0 Å². The van der Waals surface area contributed by atoms with Crippen molar-refractivity contribution in [3.05, 3.63) is 59.9 Å². The quantitative estimate of drug-likeness (QED) is 0.891. The van der Waals surface area contributed by atoms with Crippen LogP contribution in [-0.2, 0) is 16.1 Å². The van der Waals surface area contributed by atoms with E-state index in [-0.39, 0.29) is 18.2 Å². The fourth-order valence-electron chi connectivity index (χ4n) is 2.27. The molecule has 0 saturated carbocycles. The molecule has 0 atom stereocenters. The molecule has 0 saturated heterocycles. The van der Waals surface area contributed by atoms with E-state index in [2.05, 4.69) is 10.3 Å². The average molecular weight is 311 g/mol. The first-order valence-corrected chi connectivity index (χ1v) is 7.56. The molecule has 2 aromatic rings. The van der Waals surface area contributed by atoms with Crippen molar-refractivity contribution in [2.75, 3.05) is 11.4 Å². The molecule has 0 radical (unpaired) electrons. The fourth-order valence-corrected chi connectivity index (χ4v) is 2.27. The maximum atomic E-state index is 12.0. The van der Waals surface area contributed by atoms with Crippen molar-refractivity contribution >= 4 is 17.5 Å². The molecule has 0 aliphatic rings. The van der Waals surface area contributed by atoms with Crippen LogP contribution in [0.15, 0.2) is 48.8 Å². The van der Waals surface area contributed by atoms with Crippen LogP contribution in [-0.4, -0.2) is 23.3 Å². The Kier molecular flexibility index (Phi) is 5.86. The maximum absolute atomic E-state index is 12.0. The van der Waals surface area contributed by atoms with Crippen LogP contribution in [0.5, 0.6) is 0 Å². The number of hydrogen-bond acceptors (Lipinski definition) is 3. The molecule has 0 fully saturated rings. The van der Waals surface area contributed by atoms with Gasteiger partial charge in [0.05, 0.1) is 0 Å². The lowest BCUT2D eigenvalue weighted by molar-refractivity contribution is -0.121. The van der Waals surface area contributed by atoms with Crippen LogP contribution in [0.25, 0.3) is 0 Å².